The van der Waals surface area contributed by atoms with E-state index >= 15 is 0 Å². The monoisotopic (exact) mass is 314 g/mol. The van der Waals surface area contributed by atoms with E-state index in [1.54, 1.807) is 0 Å². The molecule has 0 heterocycles. The van der Waals surface area contributed by atoms with Crippen molar-refractivity contribution >= 4 is 5.78 Å². The van der Waals surface area contributed by atoms with Crippen molar-refractivity contribution < 1.29 is 9.90 Å². The normalized spacial score (nSPS) is 55.5. The van der Waals surface area contributed by atoms with E-state index in [9.17, 15) is 9.90 Å². The topological polar surface area (TPSA) is 37.3 Å². The molecule has 0 spiro atoms. The minimum Gasteiger partial charge on any atom is -0.378 e. The highest BCUT2D eigenvalue weighted by atomic mass is 16.3. The fourth-order valence-electron chi connectivity index (χ4n) is 7.15. The van der Waals surface area contributed by atoms with Gasteiger partial charge in [-0.1, -0.05) is 19.8 Å². The third-order valence-electron chi connectivity index (χ3n) is 8.70. The lowest BCUT2D eigenvalue weighted by Gasteiger charge is -2.60. The Bertz CT molecular complexity index is 575. The number of carbonyl (C=O) groups is 1. The van der Waals surface area contributed by atoms with Gasteiger partial charge in [0.2, 0.25) is 0 Å². The number of fused-ring (bicyclic) bond motifs is 5. The Labute approximate surface area is 140 Å². The van der Waals surface area contributed by atoms with Crippen LogP contribution >= 0.6 is 0 Å². The van der Waals surface area contributed by atoms with E-state index in [1.807, 2.05) is 0 Å². The molecule has 1 N–H and O–H groups in total. The molecule has 7 atom stereocenters. The zero-order valence-electron chi connectivity index (χ0n) is 14.6. The molecule has 0 aromatic carbocycles. The first-order chi connectivity index (χ1) is 10.8. The second-order valence-corrected chi connectivity index (χ2v) is 9.45. The number of hydrogen-bond donors (Lipinski definition) is 1. The third-order valence-corrected chi connectivity index (χ3v) is 8.70. The standard InChI is InChI=1S/C21H30O2/c1-4-21(23)12-11-19(2)14(13-21)5-6-15-16-7-8-18(22)20(16,3)10-9-17(15)19/h1,14-17,23H,5-13H2,2-3H3/t14?,15-,16-,17-,19-,20-,21+/m0/s1. The zero-order chi connectivity index (χ0) is 16.5. The molecule has 0 aliphatic heterocycles. The van der Waals surface area contributed by atoms with Crippen LogP contribution < -0.4 is 0 Å². The summed E-state index contributed by atoms with van der Waals surface area (Å²) < 4.78 is 0. The highest BCUT2D eigenvalue weighted by Crippen LogP contribution is 2.66. The molecule has 0 radical (unpaired) electrons. The number of carbonyl (C=O) groups excluding carboxylic acids is 1. The van der Waals surface area contributed by atoms with Crippen molar-refractivity contribution in [3.8, 4) is 12.3 Å². The van der Waals surface area contributed by atoms with E-state index in [0.29, 0.717) is 23.0 Å². The molecule has 0 amide bonds. The van der Waals surface area contributed by atoms with Crippen molar-refractivity contribution in [2.45, 2.75) is 77.2 Å². The van der Waals surface area contributed by atoms with Crippen molar-refractivity contribution in [1.82, 2.24) is 0 Å². The fraction of sp³-hybridized carbons (Fsp3) is 0.857. The van der Waals surface area contributed by atoms with Crippen LogP contribution in [0.1, 0.15) is 71.6 Å². The Morgan fingerprint density at radius 3 is 2.61 bits per heavy atom. The lowest BCUT2D eigenvalue weighted by atomic mass is 9.44. The lowest BCUT2D eigenvalue weighted by molar-refractivity contribution is -0.146. The van der Waals surface area contributed by atoms with Gasteiger partial charge in [-0.25, -0.2) is 0 Å². The second-order valence-electron chi connectivity index (χ2n) is 9.45. The molecule has 0 bridgehead atoms. The summed E-state index contributed by atoms with van der Waals surface area (Å²) in [7, 11) is 0. The van der Waals surface area contributed by atoms with Gasteiger partial charge in [0, 0.05) is 11.8 Å². The number of Topliss-reactive ketones (excluding diaryl/α,β-unsaturated/α-hetero) is 1. The molecule has 4 aliphatic rings. The Kier molecular flexibility index (Phi) is 3.31. The first-order valence-electron chi connectivity index (χ1n) is 9.56. The van der Waals surface area contributed by atoms with Crippen molar-refractivity contribution in [2.24, 2.45) is 34.5 Å². The smallest absolute Gasteiger partial charge is 0.139 e. The van der Waals surface area contributed by atoms with Gasteiger partial charge >= 0.3 is 0 Å². The highest BCUT2D eigenvalue weighted by Gasteiger charge is 2.61. The van der Waals surface area contributed by atoms with E-state index in [4.69, 9.17) is 6.42 Å². The van der Waals surface area contributed by atoms with Crippen LogP contribution in [-0.2, 0) is 4.79 Å². The summed E-state index contributed by atoms with van der Waals surface area (Å²) in [6, 6.07) is 0. The molecule has 0 saturated heterocycles. The minimum atomic E-state index is -0.872. The first kappa shape index (κ1) is 15.7. The SMILES string of the molecule is C#C[C@@]1(O)CC[C@@]2(C)C(CC[C@@H]3[C@@H]2CC[C@]2(C)C(=O)CC[C@@H]32)C1. The molecule has 1 unspecified atom stereocenters. The lowest BCUT2D eigenvalue weighted by Crippen LogP contribution is -2.55. The van der Waals surface area contributed by atoms with Crippen LogP contribution in [0.5, 0.6) is 0 Å². The van der Waals surface area contributed by atoms with Crippen LogP contribution in [0, 0.1) is 46.8 Å². The number of aliphatic hydroxyl groups is 1. The molecule has 126 valence electrons. The molecule has 4 fully saturated rings. The molecular formula is C21H30O2. The molecule has 4 saturated carbocycles. The summed E-state index contributed by atoms with van der Waals surface area (Å²) in [4.78, 5) is 12.4. The quantitative estimate of drug-likeness (QED) is 0.687. The Morgan fingerprint density at radius 2 is 1.87 bits per heavy atom. The van der Waals surface area contributed by atoms with Crippen molar-refractivity contribution in [3.05, 3.63) is 0 Å². The summed E-state index contributed by atoms with van der Waals surface area (Å²) in [5, 5.41) is 10.6. The van der Waals surface area contributed by atoms with E-state index in [-0.39, 0.29) is 5.41 Å². The van der Waals surface area contributed by atoms with E-state index < -0.39 is 5.60 Å². The van der Waals surface area contributed by atoms with Gasteiger partial charge in [0.15, 0.2) is 0 Å². The van der Waals surface area contributed by atoms with Gasteiger partial charge in [-0.15, -0.1) is 6.42 Å². The summed E-state index contributed by atoms with van der Waals surface area (Å²) in [5.74, 6) is 5.81. The molecule has 23 heavy (non-hydrogen) atoms. The maximum absolute atomic E-state index is 12.4. The third kappa shape index (κ3) is 2.02. The molecular weight excluding hydrogens is 284 g/mol. The van der Waals surface area contributed by atoms with E-state index in [2.05, 4.69) is 19.8 Å². The number of rotatable bonds is 0. The molecule has 2 heteroatoms. The predicted molar refractivity (Wildman–Crippen MR) is 90.5 cm³/mol. The average molecular weight is 314 g/mol. The molecule has 0 aromatic rings. The molecule has 4 aliphatic carbocycles. The minimum absolute atomic E-state index is 0.0292. The average Bonchev–Trinajstić information content (AvgIpc) is 2.84. The molecule has 2 nitrogen and oxygen atoms in total. The van der Waals surface area contributed by atoms with Gasteiger partial charge in [0.25, 0.3) is 0 Å². The Morgan fingerprint density at radius 1 is 1.09 bits per heavy atom. The van der Waals surface area contributed by atoms with Gasteiger partial charge in [0.05, 0.1) is 0 Å². The van der Waals surface area contributed by atoms with Gasteiger partial charge in [-0.3, -0.25) is 4.79 Å². The van der Waals surface area contributed by atoms with E-state index in [1.165, 1.54) is 19.3 Å². The maximum Gasteiger partial charge on any atom is 0.139 e. The summed E-state index contributed by atoms with van der Waals surface area (Å²) >= 11 is 0. The van der Waals surface area contributed by atoms with Gasteiger partial charge < -0.3 is 5.11 Å². The molecule has 4 rings (SSSR count). The Balaban J connectivity index is 1.62. The number of terminal acetylenes is 1. The van der Waals surface area contributed by atoms with Gasteiger partial charge in [-0.2, -0.15) is 0 Å². The second kappa shape index (κ2) is 4.85. The summed E-state index contributed by atoms with van der Waals surface area (Å²) in [5.41, 5.74) is -0.582. The summed E-state index contributed by atoms with van der Waals surface area (Å²) in [6.45, 7) is 4.71. The fourth-order valence-corrected chi connectivity index (χ4v) is 7.15. The largest absolute Gasteiger partial charge is 0.378 e. The number of ketones is 1. The van der Waals surface area contributed by atoms with Crippen molar-refractivity contribution in [1.29, 1.82) is 0 Å². The maximum atomic E-state index is 12.4. The van der Waals surface area contributed by atoms with Crippen molar-refractivity contribution in [2.75, 3.05) is 0 Å². The van der Waals surface area contributed by atoms with Crippen LogP contribution in [0.2, 0.25) is 0 Å². The highest BCUT2D eigenvalue weighted by molar-refractivity contribution is 5.87. The van der Waals surface area contributed by atoms with Gasteiger partial charge in [0.1, 0.15) is 11.4 Å². The van der Waals surface area contributed by atoms with Crippen molar-refractivity contribution in [3.63, 3.8) is 0 Å². The van der Waals surface area contributed by atoms with E-state index in [0.717, 1.165) is 50.4 Å². The number of hydrogen-bond acceptors (Lipinski definition) is 2. The summed E-state index contributed by atoms with van der Waals surface area (Å²) in [6.07, 6.45) is 14.8. The van der Waals surface area contributed by atoms with Crippen LogP contribution in [0.3, 0.4) is 0 Å². The Hall–Kier alpha value is -0.810. The van der Waals surface area contributed by atoms with Crippen LogP contribution in [0.15, 0.2) is 0 Å². The van der Waals surface area contributed by atoms with Crippen LogP contribution in [0.4, 0.5) is 0 Å². The first-order valence-corrected chi connectivity index (χ1v) is 9.56. The van der Waals surface area contributed by atoms with Gasteiger partial charge in [-0.05, 0) is 80.5 Å². The zero-order valence-corrected chi connectivity index (χ0v) is 14.6. The molecule has 0 aromatic heterocycles. The predicted octanol–water partition coefficient (Wildman–Crippen LogP) is 3.96. The van der Waals surface area contributed by atoms with Crippen LogP contribution in [-0.4, -0.2) is 16.5 Å². The van der Waals surface area contributed by atoms with Crippen LogP contribution in [0.25, 0.3) is 0 Å².